The van der Waals surface area contributed by atoms with Crippen molar-refractivity contribution in [1.82, 2.24) is 0 Å². The fourth-order valence-corrected chi connectivity index (χ4v) is 2.18. The lowest BCUT2D eigenvalue weighted by molar-refractivity contribution is -0.114. The second kappa shape index (κ2) is 8.58. The van der Waals surface area contributed by atoms with E-state index in [0.29, 0.717) is 28.4 Å². The summed E-state index contributed by atoms with van der Waals surface area (Å²) in [7, 11) is 4.39. The molecule has 2 rings (SSSR count). The Kier molecular flexibility index (Phi) is 6.22. The van der Waals surface area contributed by atoms with Gasteiger partial charge in [0.2, 0.25) is 5.91 Å². The van der Waals surface area contributed by atoms with Crippen LogP contribution in [0.5, 0.6) is 11.5 Å². The summed E-state index contributed by atoms with van der Waals surface area (Å²) in [6.07, 6.45) is 0. The van der Waals surface area contributed by atoms with Gasteiger partial charge in [-0.25, -0.2) is 4.79 Å². The summed E-state index contributed by atoms with van der Waals surface area (Å²) in [5.74, 6) is 0.436. The third-order valence-electron chi connectivity index (χ3n) is 3.40. The van der Waals surface area contributed by atoms with Gasteiger partial charge in [0.1, 0.15) is 0 Å². The van der Waals surface area contributed by atoms with E-state index in [-0.39, 0.29) is 12.5 Å². The molecule has 0 bridgehead atoms. The molecule has 0 radical (unpaired) electrons. The van der Waals surface area contributed by atoms with E-state index in [1.54, 1.807) is 49.6 Å². The third kappa shape index (κ3) is 4.87. The Bertz CT molecular complexity index is 761. The standard InChI is InChI=1S/C18H20N2O5/c1-23-15-8-7-14(10-16(15)24-2)20-17(21)11-19-13-6-4-5-12(9-13)18(22)25-3/h4-10,19H,11H2,1-3H3,(H,20,21). The summed E-state index contributed by atoms with van der Waals surface area (Å²) >= 11 is 0. The van der Waals surface area contributed by atoms with E-state index in [2.05, 4.69) is 15.4 Å². The van der Waals surface area contributed by atoms with Crippen molar-refractivity contribution in [2.24, 2.45) is 0 Å². The lowest BCUT2D eigenvalue weighted by Crippen LogP contribution is -2.21. The number of esters is 1. The minimum atomic E-state index is -0.432. The molecule has 0 fully saturated rings. The highest BCUT2D eigenvalue weighted by Crippen LogP contribution is 2.29. The molecule has 0 atom stereocenters. The molecule has 0 spiro atoms. The van der Waals surface area contributed by atoms with E-state index in [9.17, 15) is 9.59 Å². The van der Waals surface area contributed by atoms with Gasteiger partial charge in [-0.1, -0.05) is 6.07 Å². The normalized spacial score (nSPS) is 9.88. The van der Waals surface area contributed by atoms with Crippen LogP contribution in [-0.4, -0.2) is 39.8 Å². The maximum Gasteiger partial charge on any atom is 0.337 e. The van der Waals surface area contributed by atoms with E-state index >= 15 is 0 Å². The molecule has 0 aliphatic heterocycles. The van der Waals surface area contributed by atoms with E-state index in [1.165, 1.54) is 14.2 Å². The number of rotatable bonds is 7. The quantitative estimate of drug-likeness (QED) is 0.751. The maximum absolute atomic E-state index is 12.1. The van der Waals surface area contributed by atoms with E-state index in [0.717, 1.165) is 0 Å². The van der Waals surface area contributed by atoms with Crippen LogP contribution in [0.3, 0.4) is 0 Å². The van der Waals surface area contributed by atoms with Gasteiger partial charge in [0.25, 0.3) is 0 Å². The van der Waals surface area contributed by atoms with E-state index < -0.39 is 5.97 Å². The number of carbonyl (C=O) groups excluding carboxylic acids is 2. The van der Waals surface area contributed by atoms with Gasteiger partial charge in [0, 0.05) is 17.4 Å². The number of carbonyl (C=O) groups is 2. The van der Waals surface area contributed by atoms with E-state index in [4.69, 9.17) is 9.47 Å². The summed E-state index contributed by atoms with van der Waals surface area (Å²) in [4.78, 5) is 23.6. The molecule has 0 aromatic heterocycles. The van der Waals surface area contributed by atoms with Gasteiger partial charge in [-0.3, -0.25) is 4.79 Å². The van der Waals surface area contributed by atoms with Crippen molar-refractivity contribution in [1.29, 1.82) is 0 Å². The molecule has 7 nitrogen and oxygen atoms in total. The van der Waals surface area contributed by atoms with Gasteiger partial charge in [0.15, 0.2) is 11.5 Å². The van der Waals surface area contributed by atoms with Gasteiger partial charge >= 0.3 is 5.97 Å². The number of hydrogen-bond donors (Lipinski definition) is 2. The van der Waals surface area contributed by atoms with Crippen LogP contribution >= 0.6 is 0 Å². The molecule has 25 heavy (non-hydrogen) atoms. The predicted molar refractivity (Wildman–Crippen MR) is 94.4 cm³/mol. The Labute approximate surface area is 145 Å². The summed E-state index contributed by atoms with van der Waals surface area (Å²) in [6, 6.07) is 11.8. The highest BCUT2D eigenvalue weighted by molar-refractivity contribution is 5.94. The van der Waals surface area contributed by atoms with Crippen molar-refractivity contribution in [3.8, 4) is 11.5 Å². The van der Waals surface area contributed by atoms with Gasteiger partial charge in [0.05, 0.1) is 33.4 Å². The summed E-state index contributed by atoms with van der Waals surface area (Å²) in [6.45, 7) is 0.0406. The monoisotopic (exact) mass is 344 g/mol. The van der Waals surface area contributed by atoms with Crippen LogP contribution in [0, 0.1) is 0 Å². The zero-order valence-electron chi connectivity index (χ0n) is 14.3. The Hall–Kier alpha value is -3.22. The lowest BCUT2D eigenvalue weighted by Gasteiger charge is -2.11. The number of nitrogens with one attached hydrogen (secondary N) is 2. The fraction of sp³-hybridized carbons (Fsp3) is 0.222. The van der Waals surface area contributed by atoms with Crippen LogP contribution in [-0.2, 0) is 9.53 Å². The first kappa shape index (κ1) is 18.1. The average Bonchev–Trinajstić information content (AvgIpc) is 2.65. The summed E-state index contributed by atoms with van der Waals surface area (Å²) in [5, 5.41) is 5.72. The van der Waals surface area contributed by atoms with Crippen LogP contribution in [0.25, 0.3) is 0 Å². The molecule has 7 heteroatoms. The molecule has 1 amide bonds. The predicted octanol–water partition coefficient (Wildman–Crippen LogP) is 2.54. The van der Waals surface area contributed by atoms with Crippen LogP contribution in [0.2, 0.25) is 0 Å². The van der Waals surface area contributed by atoms with Crippen molar-refractivity contribution < 1.29 is 23.8 Å². The molecular formula is C18H20N2O5. The van der Waals surface area contributed by atoms with Crippen molar-refractivity contribution in [3.05, 3.63) is 48.0 Å². The lowest BCUT2D eigenvalue weighted by atomic mass is 10.2. The van der Waals surface area contributed by atoms with Gasteiger partial charge < -0.3 is 24.8 Å². The first-order valence-corrected chi connectivity index (χ1v) is 7.51. The highest BCUT2D eigenvalue weighted by atomic mass is 16.5. The molecule has 2 aromatic carbocycles. The highest BCUT2D eigenvalue weighted by Gasteiger charge is 2.09. The topological polar surface area (TPSA) is 85.9 Å². The summed E-state index contributed by atoms with van der Waals surface area (Å²) in [5.41, 5.74) is 1.64. The molecule has 132 valence electrons. The van der Waals surface area contributed by atoms with Gasteiger partial charge in [-0.2, -0.15) is 0 Å². The minimum Gasteiger partial charge on any atom is -0.493 e. The molecule has 0 saturated heterocycles. The molecule has 2 N–H and O–H groups in total. The van der Waals surface area contributed by atoms with Crippen LogP contribution in [0.4, 0.5) is 11.4 Å². The molecule has 0 unspecified atom stereocenters. The second-order valence-corrected chi connectivity index (χ2v) is 5.04. The Balaban J connectivity index is 1.96. The zero-order chi connectivity index (χ0) is 18.2. The number of anilines is 2. The third-order valence-corrected chi connectivity index (χ3v) is 3.40. The van der Waals surface area contributed by atoms with Crippen molar-refractivity contribution >= 4 is 23.3 Å². The minimum absolute atomic E-state index is 0.0406. The number of amides is 1. The molecule has 0 aliphatic carbocycles. The van der Waals surface area contributed by atoms with Crippen molar-refractivity contribution in [2.75, 3.05) is 38.5 Å². The van der Waals surface area contributed by atoms with Gasteiger partial charge in [-0.05, 0) is 30.3 Å². The molecule has 0 saturated carbocycles. The zero-order valence-corrected chi connectivity index (χ0v) is 14.3. The summed E-state index contributed by atoms with van der Waals surface area (Å²) < 4.78 is 15.0. The molecule has 0 aliphatic rings. The van der Waals surface area contributed by atoms with Crippen molar-refractivity contribution in [3.63, 3.8) is 0 Å². The number of ether oxygens (including phenoxy) is 3. The van der Waals surface area contributed by atoms with E-state index in [1.807, 2.05) is 0 Å². The van der Waals surface area contributed by atoms with Gasteiger partial charge in [-0.15, -0.1) is 0 Å². The first-order chi connectivity index (χ1) is 12.1. The van der Waals surface area contributed by atoms with Crippen LogP contribution in [0.15, 0.2) is 42.5 Å². The first-order valence-electron chi connectivity index (χ1n) is 7.51. The SMILES string of the molecule is COC(=O)c1cccc(NCC(=O)Nc2ccc(OC)c(OC)c2)c1. The molecular weight excluding hydrogens is 324 g/mol. The Morgan fingerprint density at radius 2 is 1.68 bits per heavy atom. The fourth-order valence-electron chi connectivity index (χ4n) is 2.18. The smallest absolute Gasteiger partial charge is 0.337 e. The maximum atomic E-state index is 12.1. The molecule has 2 aromatic rings. The van der Waals surface area contributed by atoms with Crippen LogP contribution < -0.4 is 20.1 Å². The number of benzene rings is 2. The second-order valence-electron chi connectivity index (χ2n) is 5.04. The Morgan fingerprint density at radius 1 is 0.920 bits per heavy atom. The molecule has 0 heterocycles. The van der Waals surface area contributed by atoms with Crippen LogP contribution in [0.1, 0.15) is 10.4 Å². The largest absolute Gasteiger partial charge is 0.493 e. The Morgan fingerprint density at radius 3 is 2.36 bits per heavy atom. The number of hydrogen-bond acceptors (Lipinski definition) is 6. The number of methoxy groups -OCH3 is 3. The van der Waals surface area contributed by atoms with Crippen molar-refractivity contribution in [2.45, 2.75) is 0 Å². The average molecular weight is 344 g/mol.